The Morgan fingerprint density at radius 2 is 2.02 bits per heavy atom. The van der Waals surface area contributed by atoms with Crippen molar-refractivity contribution >= 4 is 5.69 Å². The molecule has 1 saturated heterocycles. The molecule has 4 atom stereocenters. The molecule has 3 aromatic rings. The molecule has 40 heavy (non-hydrogen) atoms. The summed E-state index contributed by atoms with van der Waals surface area (Å²) in [5.74, 6) is 3.11. The summed E-state index contributed by atoms with van der Waals surface area (Å²) in [7, 11) is 3.45. The Labute approximate surface area is 236 Å². The molecule has 10 nitrogen and oxygen atoms in total. The number of hydrogen-bond acceptors (Lipinski definition) is 9. The van der Waals surface area contributed by atoms with E-state index in [2.05, 4.69) is 68.1 Å². The fourth-order valence-electron chi connectivity index (χ4n) is 5.91. The molecule has 0 radical (unpaired) electrons. The van der Waals surface area contributed by atoms with E-state index in [1.165, 1.54) is 5.56 Å². The van der Waals surface area contributed by atoms with Crippen molar-refractivity contribution < 1.29 is 18.9 Å². The van der Waals surface area contributed by atoms with E-state index in [1.807, 2.05) is 12.1 Å². The van der Waals surface area contributed by atoms with E-state index in [0.717, 1.165) is 80.5 Å². The average molecular weight is 551 g/mol. The molecule has 2 aliphatic rings. The fraction of sp³-hybridized carbons (Fsp3) is 0.567. The van der Waals surface area contributed by atoms with Crippen LogP contribution in [0.4, 0.5) is 5.69 Å². The number of fused-ring (bicyclic) bond motifs is 1. The Morgan fingerprint density at radius 1 is 1.15 bits per heavy atom. The number of methoxy groups -OCH3 is 2. The van der Waals surface area contributed by atoms with Gasteiger partial charge in [-0.15, -0.1) is 10.2 Å². The molecule has 2 unspecified atom stereocenters. The second-order valence-corrected chi connectivity index (χ2v) is 10.7. The first-order chi connectivity index (χ1) is 19.7. The summed E-state index contributed by atoms with van der Waals surface area (Å²) < 4.78 is 23.3. The van der Waals surface area contributed by atoms with Crippen LogP contribution in [-0.2, 0) is 16.1 Å². The van der Waals surface area contributed by atoms with Crippen LogP contribution in [0.3, 0.4) is 0 Å². The van der Waals surface area contributed by atoms with Crippen molar-refractivity contribution in [2.24, 2.45) is 0 Å². The van der Waals surface area contributed by atoms with Gasteiger partial charge in [0.25, 0.3) is 0 Å². The summed E-state index contributed by atoms with van der Waals surface area (Å²) in [6, 6.07) is 15.2. The van der Waals surface area contributed by atoms with E-state index in [9.17, 15) is 0 Å². The van der Waals surface area contributed by atoms with E-state index in [1.54, 1.807) is 14.2 Å². The molecule has 0 bridgehead atoms. The maximum Gasteiger partial charge on any atom is 0.177 e. The van der Waals surface area contributed by atoms with Crippen LogP contribution in [0.2, 0.25) is 0 Å². The van der Waals surface area contributed by atoms with E-state index in [0.29, 0.717) is 19.3 Å². The summed E-state index contributed by atoms with van der Waals surface area (Å²) in [5, 5.41) is 18.6. The number of H-pyrrole nitrogens is 1. The standard InChI is InChI=1S/C30H42N6O4/c1-4-22(30-32-34-35-33-30)17-24-18-26(23-7-9-25(38-3)10-8-23)29(19-31-24)40-20-21-6-11-28-27(16-21)36(13-15-39-28)12-5-14-37-2/h6-11,16,22,24,26,29,31H,4-5,12-15,17-20H2,1-3H3,(H,32,33,34,35)/t22-,24?,26?,29-/m0/s1. The number of ether oxygens (including phenoxy) is 4. The van der Waals surface area contributed by atoms with Gasteiger partial charge in [-0.1, -0.05) is 30.3 Å². The van der Waals surface area contributed by atoms with Crippen LogP contribution in [0.5, 0.6) is 11.5 Å². The Morgan fingerprint density at radius 3 is 2.77 bits per heavy atom. The van der Waals surface area contributed by atoms with Crippen LogP contribution in [0.25, 0.3) is 0 Å². The highest BCUT2D eigenvalue weighted by molar-refractivity contribution is 5.61. The highest BCUT2D eigenvalue weighted by Gasteiger charge is 2.34. The van der Waals surface area contributed by atoms with Crippen LogP contribution < -0.4 is 19.7 Å². The number of nitrogens with one attached hydrogen (secondary N) is 2. The van der Waals surface area contributed by atoms with Crippen LogP contribution in [-0.4, -0.2) is 79.8 Å². The summed E-state index contributed by atoms with van der Waals surface area (Å²) >= 11 is 0. The van der Waals surface area contributed by atoms with Gasteiger partial charge in [0.05, 0.1) is 32.1 Å². The summed E-state index contributed by atoms with van der Waals surface area (Å²) in [4.78, 5) is 2.39. The lowest BCUT2D eigenvalue weighted by Crippen LogP contribution is -2.47. The number of nitrogens with zero attached hydrogens (tertiary/aromatic N) is 4. The number of aromatic amines is 1. The fourth-order valence-corrected chi connectivity index (χ4v) is 5.91. The predicted octanol–water partition coefficient (Wildman–Crippen LogP) is 4.06. The smallest absolute Gasteiger partial charge is 0.177 e. The van der Waals surface area contributed by atoms with Crippen LogP contribution in [0.1, 0.15) is 61.4 Å². The first-order valence-corrected chi connectivity index (χ1v) is 14.4. The molecular formula is C30H42N6O4. The zero-order chi connectivity index (χ0) is 27.7. The number of piperidine rings is 1. The minimum absolute atomic E-state index is 0.0417. The van der Waals surface area contributed by atoms with Crippen molar-refractivity contribution in [2.45, 2.75) is 63.2 Å². The van der Waals surface area contributed by atoms with Gasteiger partial charge in [0, 0.05) is 44.7 Å². The molecular weight excluding hydrogens is 508 g/mol. The van der Waals surface area contributed by atoms with E-state index in [-0.39, 0.29) is 17.9 Å². The molecule has 0 amide bonds. The van der Waals surface area contributed by atoms with Gasteiger partial charge in [-0.3, -0.25) is 0 Å². The van der Waals surface area contributed by atoms with Gasteiger partial charge in [0.2, 0.25) is 0 Å². The molecule has 3 heterocycles. The Bertz CT molecular complexity index is 1180. The largest absolute Gasteiger partial charge is 0.497 e. The van der Waals surface area contributed by atoms with Gasteiger partial charge in [0.15, 0.2) is 5.82 Å². The molecule has 1 aromatic heterocycles. The van der Waals surface area contributed by atoms with Crippen molar-refractivity contribution in [3.63, 3.8) is 0 Å². The summed E-state index contributed by atoms with van der Waals surface area (Å²) in [6.07, 6.45) is 3.92. The zero-order valence-electron chi connectivity index (χ0n) is 23.8. The molecule has 5 rings (SSSR count). The van der Waals surface area contributed by atoms with Crippen LogP contribution >= 0.6 is 0 Å². The molecule has 1 fully saturated rings. The van der Waals surface area contributed by atoms with Crippen molar-refractivity contribution in [2.75, 3.05) is 52.0 Å². The molecule has 0 spiro atoms. The van der Waals surface area contributed by atoms with Crippen LogP contribution in [0.15, 0.2) is 42.5 Å². The number of tetrazole rings is 1. The summed E-state index contributed by atoms with van der Waals surface area (Å²) in [5.41, 5.74) is 3.57. The second-order valence-electron chi connectivity index (χ2n) is 10.7. The second kappa shape index (κ2) is 13.9. The Hall–Kier alpha value is -3.21. The number of benzene rings is 2. The van der Waals surface area contributed by atoms with E-state index < -0.39 is 0 Å². The van der Waals surface area contributed by atoms with Crippen molar-refractivity contribution in [3.8, 4) is 11.5 Å². The molecule has 0 saturated carbocycles. The SMILES string of the molecule is CC[C@@H](CC1CC(c2ccc(OC)cc2)[C@@H](OCc2ccc3c(c2)N(CCCOC)CCO3)CN1)c1nn[nH]n1. The maximum atomic E-state index is 6.66. The lowest BCUT2D eigenvalue weighted by molar-refractivity contribution is 0.00166. The molecule has 216 valence electrons. The van der Waals surface area contributed by atoms with Gasteiger partial charge in [-0.2, -0.15) is 5.21 Å². The number of rotatable bonds is 13. The van der Waals surface area contributed by atoms with E-state index >= 15 is 0 Å². The van der Waals surface area contributed by atoms with Gasteiger partial charge in [0.1, 0.15) is 18.1 Å². The highest BCUT2D eigenvalue weighted by Crippen LogP contribution is 2.36. The molecule has 2 N–H and O–H groups in total. The van der Waals surface area contributed by atoms with Gasteiger partial charge < -0.3 is 29.2 Å². The lowest BCUT2D eigenvalue weighted by Gasteiger charge is -2.38. The molecule has 2 aromatic carbocycles. The maximum absolute atomic E-state index is 6.66. The monoisotopic (exact) mass is 550 g/mol. The topological polar surface area (TPSA) is 107 Å². The Kier molecular flexibility index (Phi) is 9.85. The third kappa shape index (κ3) is 6.92. The zero-order valence-corrected chi connectivity index (χ0v) is 23.8. The van der Waals surface area contributed by atoms with Crippen LogP contribution in [0, 0.1) is 0 Å². The third-order valence-electron chi connectivity index (χ3n) is 8.15. The Balaban J connectivity index is 1.28. The number of hydrogen-bond donors (Lipinski definition) is 2. The minimum atomic E-state index is 0.0417. The summed E-state index contributed by atoms with van der Waals surface area (Å²) in [6.45, 7) is 6.80. The van der Waals surface area contributed by atoms with Gasteiger partial charge in [-0.05, 0) is 61.1 Å². The number of aromatic nitrogens is 4. The van der Waals surface area contributed by atoms with E-state index in [4.69, 9.17) is 18.9 Å². The highest BCUT2D eigenvalue weighted by atomic mass is 16.5. The molecule has 10 heteroatoms. The lowest BCUT2D eigenvalue weighted by atomic mass is 9.81. The first kappa shape index (κ1) is 28.3. The third-order valence-corrected chi connectivity index (χ3v) is 8.15. The first-order valence-electron chi connectivity index (χ1n) is 14.4. The van der Waals surface area contributed by atoms with Gasteiger partial charge >= 0.3 is 0 Å². The van der Waals surface area contributed by atoms with Gasteiger partial charge in [-0.25, -0.2) is 0 Å². The average Bonchev–Trinajstić information content (AvgIpc) is 3.54. The predicted molar refractivity (Wildman–Crippen MR) is 153 cm³/mol. The number of anilines is 1. The normalized spacial score (nSPS) is 21.5. The van der Waals surface area contributed by atoms with Crippen molar-refractivity contribution in [1.82, 2.24) is 25.9 Å². The minimum Gasteiger partial charge on any atom is -0.497 e. The quantitative estimate of drug-likeness (QED) is 0.305. The molecule has 0 aliphatic carbocycles. The molecule has 2 aliphatic heterocycles. The van der Waals surface area contributed by atoms with Crippen molar-refractivity contribution in [3.05, 3.63) is 59.4 Å². The van der Waals surface area contributed by atoms with Crippen molar-refractivity contribution in [1.29, 1.82) is 0 Å².